The van der Waals surface area contributed by atoms with Crippen LogP contribution >= 0.6 is 0 Å². The standard InChI is InChI=1S/C12H18O2/c1-2-9-12(10(3-1)14-9)7-4-5-8-11(6-7)13-8/h7-12H,1-6H2. The Morgan fingerprint density at radius 3 is 2.21 bits per heavy atom. The van der Waals surface area contributed by atoms with E-state index in [0.29, 0.717) is 24.4 Å². The molecule has 3 heterocycles. The van der Waals surface area contributed by atoms with Crippen LogP contribution in [0.1, 0.15) is 38.5 Å². The smallest absolute Gasteiger partial charge is 0.0844 e. The Bertz CT molecular complexity index is 239. The Hall–Kier alpha value is -0.0800. The molecule has 5 fully saturated rings. The van der Waals surface area contributed by atoms with Crippen LogP contribution in [0.5, 0.6) is 0 Å². The maximum atomic E-state index is 5.85. The summed E-state index contributed by atoms with van der Waals surface area (Å²) < 4.78 is 11.5. The molecule has 0 spiro atoms. The van der Waals surface area contributed by atoms with Crippen LogP contribution in [0.15, 0.2) is 0 Å². The summed E-state index contributed by atoms with van der Waals surface area (Å²) in [5.41, 5.74) is 0. The zero-order valence-corrected chi connectivity index (χ0v) is 8.52. The average Bonchev–Trinajstić information content (AvgIpc) is 2.97. The van der Waals surface area contributed by atoms with Gasteiger partial charge in [0.1, 0.15) is 0 Å². The predicted molar refractivity (Wildman–Crippen MR) is 52.0 cm³/mol. The molecule has 0 aromatic heterocycles. The van der Waals surface area contributed by atoms with Crippen LogP contribution in [0.3, 0.4) is 0 Å². The van der Waals surface area contributed by atoms with Gasteiger partial charge in [0.05, 0.1) is 24.4 Å². The first-order valence-corrected chi connectivity index (χ1v) is 6.23. The quantitative estimate of drug-likeness (QED) is 0.596. The number of epoxide rings is 1. The van der Waals surface area contributed by atoms with E-state index in [1.807, 2.05) is 0 Å². The molecule has 78 valence electrons. The van der Waals surface area contributed by atoms with Crippen molar-refractivity contribution >= 4 is 0 Å². The maximum Gasteiger partial charge on any atom is 0.0844 e. The van der Waals surface area contributed by atoms with Gasteiger partial charge in [-0.3, -0.25) is 0 Å². The molecule has 2 heteroatoms. The Labute approximate surface area is 85.0 Å². The van der Waals surface area contributed by atoms with Crippen LogP contribution < -0.4 is 0 Å². The van der Waals surface area contributed by atoms with Gasteiger partial charge in [-0.05, 0) is 44.4 Å². The van der Waals surface area contributed by atoms with E-state index in [1.54, 1.807) is 0 Å². The number of hydrogen-bond acceptors (Lipinski definition) is 2. The van der Waals surface area contributed by atoms with Crippen LogP contribution in [0.2, 0.25) is 0 Å². The highest BCUT2D eigenvalue weighted by Crippen LogP contribution is 2.51. The monoisotopic (exact) mass is 194 g/mol. The summed E-state index contributed by atoms with van der Waals surface area (Å²) in [6, 6.07) is 0. The van der Waals surface area contributed by atoms with E-state index in [-0.39, 0.29) is 0 Å². The third-order valence-corrected chi connectivity index (χ3v) is 4.77. The number of hydrogen-bond donors (Lipinski definition) is 0. The third kappa shape index (κ3) is 1.04. The van der Waals surface area contributed by atoms with Gasteiger partial charge in [-0.1, -0.05) is 0 Å². The largest absolute Gasteiger partial charge is 0.374 e. The fourth-order valence-electron chi connectivity index (χ4n) is 3.99. The third-order valence-electron chi connectivity index (χ3n) is 4.77. The second-order valence-corrected chi connectivity index (χ2v) is 5.51. The van der Waals surface area contributed by atoms with Gasteiger partial charge in [-0.2, -0.15) is 0 Å². The van der Waals surface area contributed by atoms with Crippen LogP contribution in [0.25, 0.3) is 0 Å². The van der Waals surface area contributed by atoms with Crippen molar-refractivity contribution < 1.29 is 9.47 Å². The average molecular weight is 194 g/mol. The van der Waals surface area contributed by atoms with Crippen molar-refractivity contribution in [1.82, 2.24) is 0 Å². The fraction of sp³-hybridized carbons (Fsp3) is 1.00. The van der Waals surface area contributed by atoms with E-state index < -0.39 is 0 Å². The van der Waals surface area contributed by atoms with Crippen molar-refractivity contribution in [2.24, 2.45) is 11.8 Å². The zero-order valence-electron chi connectivity index (χ0n) is 8.52. The lowest BCUT2D eigenvalue weighted by Crippen LogP contribution is -2.55. The van der Waals surface area contributed by atoms with E-state index in [0.717, 1.165) is 11.8 Å². The number of rotatable bonds is 1. The Kier molecular flexibility index (Phi) is 1.58. The highest BCUT2D eigenvalue weighted by atomic mass is 16.6. The van der Waals surface area contributed by atoms with Crippen molar-refractivity contribution in [1.29, 1.82) is 0 Å². The summed E-state index contributed by atoms with van der Waals surface area (Å²) in [5, 5.41) is 0. The van der Waals surface area contributed by atoms with Crippen LogP contribution in [0, 0.1) is 11.8 Å². The summed E-state index contributed by atoms with van der Waals surface area (Å²) >= 11 is 0. The topological polar surface area (TPSA) is 21.8 Å². The molecule has 14 heavy (non-hydrogen) atoms. The first-order chi connectivity index (χ1) is 6.92. The molecule has 5 atom stereocenters. The first-order valence-electron chi connectivity index (χ1n) is 6.23. The van der Waals surface area contributed by atoms with Crippen LogP contribution in [-0.4, -0.2) is 24.4 Å². The molecule has 5 aliphatic rings. The molecule has 5 rings (SSSR count). The molecule has 0 N–H and O–H groups in total. The van der Waals surface area contributed by atoms with Gasteiger partial charge in [-0.25, -0.2) is 0 Å². The van der Waals surface area contributed by atoms with Crippen molar-refractivity contribution in [3.8, 4) is 0 Å². The second kappa shape index (κ2) is 2.73. The van der Waals surface area contributed by atoms with Crippen molar-refractivity contribution in [3.05, 3.63) is 0 Å². The summed E-state index contributed by atoms with van der Waals surface area (Å²) in [6.07, 6.45) is 10.7. The summed E-state index contributed by atoms with van der Waals surface area (Å²) in [7, 11) is 0. The molecule has 3 aliphatic heterocycles. The lowest BCUT2D eigenvalue weighted by Gasteiger charge is -2.53. The molecule has 2 saturated carbocycles. The van der Waals surface area contributed by atoms with Gasteiger partial charge in [0.2, 0.25) is 0 Å². The molecule has 2 aliphatic carbocycles. The molecule has 2 bridgehead atoms. The normalized spacial score (nSPS) is 60.0. The van der Waals surface area contributed by atoms with Crippen molar-refractivity contribution in [3.63, 3.8) is 0 Å². The molecule has 0 amide bonds. The SMILES string of the molecule is C1CC2OC(C1)C2C1CCC2OC2C1. The highest BCUT2D eigenvalue weighted by Gasteiger charge is 2.53. The minimum absolute atomic E-state index is 0.633. The Morgan fingerprint density at radius 2 is 1.50 bits per heavy atom. The zero-order chi connectivity index (χ0) is 9.12. The van der Waals surface area contributed by atoms with E-state index in [2.05, 4.69) is 0 Å². The molecule has 2 nitrogen and oxygen atoms in total. The number of fused-ring (bicyclic) bond motifs is 3. The van der Waals surface area contributed by atoms with Gasteiger partial charge < -0.3 is 9.47 Å². The molecule has 5 unspecified atom stereocenters. The van der Waals surface area contributed by atoms with E-state index in [9.17, 15) is 0 Å². The van der Waals surface area contributed by atoms with Crippen LogP contribution in [-0.2, 0) is 9.47 Å². The highest BCUT2D eigenvalue weighted by molar-refractivity contribution is 5.01. The number of ether oxygens (including phenoxy) is 2. The lowest BCUT2D eigenvalue weighted by atomic mass is 9.67. The van der Waals surface area contributed by atoms with Gasteiger partial charge >= 0.3 is 0 Å². The van der Waals surface area contributed by atoms with E-state index in [1.165, 1.54) is 38.5 Å². The van der Waals surface area contributed by atoms with Crippen molar-refractivity contribution in [2.45, 2.75) is 62.9 Å². The molecular formula is C12H18O2. The fourth-order valence-corrected chi connectivity index (χ4v) is 3.99. The predicted octanol–water partition coefficient (Wildman–Crippen LogP) is 2.12. The minimum atomic E-state index is 0.633. The van der Waals surface area contributed by atoms with Crippen molar-refractivity contribution in [2.75, 3.05) is 0 Å². The molecular weight excluding hydrogens is 176 g/mol. The van der Waals surface area contributed by atoms with Gasteiger partial charge in [-0.15, -0.1) is 0 Å². The van der Waals surface area contributed by atoms with Gasteiger partial charge in [0.15, 0.2) is 0 Å². The van der Waals surface area contributed by atoms with Crippen LogP contribution in [0.4, 0.5) is 0 Å². The molecule has 0 aromatic rings. The first kappa shape index (κ1) is 8.12. The van der Waals surface area contributed by atoms with E-state index >= 15 is 0 Å². The second-order valence-electron chi connectivity index (χ2n) is 5.51. The molecule has 3 saturated heterocycles. The van der Waals surface area contributed by atoms with E-state index in [4.69, 9.17) is 9.47 Å². The summed E-state index contributed by atoms with van der Waals surface area (Å²) in [5.74, 6) is 1.84. The molecule has 0 aromatic carbocycles. The summed E-state index contributed by atoms with van der Waals surface area (Å²) in [4.78, 5) is 0. The maximum absolute atomic E-state index is 5.85. The van der Waals surface area contributed by atoms with Gasteiger partial charge in [0, 0.05) is 5.92 Å². The van der Waals surface area contributed by atoms with Gasteiger partial charge in [0.25, 0.3) is 0 Å². The molecule has 0 radical (unpaired) electrons. The minimum Gasteiger partial charge on any atom is -0.374 e. The Morgan fingerprint density at radius 1 is 0.714 bits per heavy atom. The summed E-state index contributed by atoms with van der Waals surface area (Å²) in [6.45, 7) is 0. The lowest BCUT2D eigenvalue weighted by molar-refractivity contribution is -0.232. The Balaban J connectivity index is 1.47.